The van der Waals surface area contributed by atoms with Crippen LogP contribution in [0.1, 0.15) is 15.9 Å². The van der Waals surface area contributed by atoms with Crippen molar-refractivity contribution in [2.75, 3.05) is 5.33 Å². The summed E-state index contributed by atoms with van der Waals surface area (Å²) in [6.07, 6.45) is 3.32. The van der Waals surface area contributed by atoms with Gasteiger partial charge in [0.15, 0.2) is 0 Å². The Morgan fingerprint density at radius 2 is 2.25 bits per heavy atom. The van der Waals surface area contributed by atoms with Gasteiger partial charge in [0.2, 0.25) is 0 Å². The molecule has 0 aromatic heterocycles. The average Bonchev–Trinajstić information content (AvgIpc) is 2.25. The number of benzene rings is 1. The van der Waals surface area contributed by atoms with Crippen LogP contribution in [-0.2, 0) is 0 Å². The predicted octanol–water partition coefficient (Wildman–Crippen LogP) is 2.70. The lowest BCUT2D eigenvalue weighted by atomic mass is 10.1. The number of carboxylic acid groups (broad SMARTS) is 1. The molecular weight excluding hydrogens is 278 g/mol. The lowest BCUT2D eigenvalue weighted by Crippen LogP contribution is -2.01. The van der Waals surface area contributed by atoms with Crippen molar-refractivity contribution in [3.8, 4) is 0 Å². The highest BCUT2D eigenvalue weighted by atomic mass is 79.9. The maximum atomic E-state index is 10.9. The smallest absolute Gasteiger partial charge is 0.336 e. The van der Waals surface area contributed by atoms with Crippen LogP contribution >= 0.6 is 15.9 Å². The quantitative estimate of drug-likeness (QED) is 0.524. The van der Waals surface area contributed by atoms with Crippen molar-refractivity contribution in [1.29, 1.82) is 0 Å². The largest absolute Gasteiger partial charge is 0.478 e. The van der Waals surface area contributed by atoms with Gasteiger partial charge in [-0.05, 0) is 11.6 Å². The van der Waals surface area contributed by atoms with Gasteiger partial charge >= 0.3 is 5.97 Å². The number of hydrogen-bond acceptors (Lipinski definition) is 3. The van der Waals surface area contributed by atoms with Crippen LogP contribution in [0.4, 0.5) is 5.69 Å². The summed E-state index contributed by atoms with van der Waals surface area (Å²) >= 11 is 3.16. The summed E-state index contributed by atoms with van der Waals surface area (Å²) in [6.45, 7) is 0. The number of hydrogen-bond donors (Lipinski definition) is 1. The van der Waals surface area contributed by atoms with Crippen molar-refractivity contribution < 1.29 is 14.8 Å². The van der Waals surface area contributed by atoms with Gasteiger partial charge in [-0.2, -0.15) is 0 Å². The van der Waals surface area contributed by atoms with E-state index in [1.54, 1.807) is 12.2 Å². The molecule has 0 saturated carbocycles. The number of rotatable bonds is 4. The van der Waals surface area contributed by atoms with E-state index >= 15 is 0 Å². The fourth-order valence-corrected chi connectivity index (χ4v) is 1.35. The number of aromatic carboxylic acids is 1. The molecule has 6 heteroatoms. The Labute approximate surface area is 99.7 Å². The van der Waals surface area contributed by atoms with E-state index in [9.17, 15) is 14.9 Å². The minimum atomic E-state index is -1.18. The first-order valence-corrected chi connectivity index (χ1v) is 5.42. The van der Waals surface area contributed by atoms with Crippen LogP contribution in [0.3, 0.4) is 0 Å². The van der Waals surface area contributed by atoms with Gasteiger partial charge in [-0.15, -0.1) is 0 Å². The molecule has 0 spiro atoms. The summed E-state index contributed by atoms with van der Waals surface area (Å²) in [5.74, 6) is -1.18. The molecule has 1 N–H and O–H groups in total. The molecule has 0 fully saturated rings. The third-order valence-electron chi connectivity index (χ3n) is 1.86. The van der Waals surface area contributed by atoms with Gasteiger partial charge in [0, 0.05) is 17.5 Å². The van der Waals surface area contributed by atoms with Crippen molar-refractivity contribution >= 4 is 33.7 Å². The Morgan fingerprint density at radius 3 is 2.75 bits per heavy atom. The zero-order valence-corrected chi connectivity index (χ0v) is 9.68. The fraction of sp³-hybridized carbons (Fsp3) is 0.100. The van der Waals surface area contributed by atoms with Gasteiger partial charge in [0.05, 0.1) is 10.5 Å². The van der Waals surface area contributed by atoms with Crippen LogP contribution in [0.15, 0.2) is 24.3 Å². The summed E-state index contributed by atoms with van der Waals surface area (Å²) in [6, 6.07) is 3.75. The molecule has 0 unspecified atom stereocenters. The monoisotopic (exact) mass is 285 g/mol. The maximum Gasteiger partial charge on any atom is 0.336 e. The molecule has 0 aliphatic carbocycles. The summed E-state index contributed by atoms with van der Waals surface area (Å²) in [5.41, 5.74) is 0.136. The van der Waals surface area contributed by atoms with Crippen LogP contribution < -0.4 is 0 Å². The molecular formula is C10H8BrNO4. The predicted molar refractivity (Wildman–Crippen MR) is 62.9 cm³/mol. The summed E-state index contributed by atoms with van der Waals surface area (Å²) in [5, 5.41) is 20.0. The number of nitro groups is 1. The third kappa shape index (κ3) is 2.90. The van der Waals surface area contributed by atoms with E-state index in [-0.39, 0.29) is 11.3 Å². The lowest BCUT2D eigenvalue weighted by molar-refractivity contribution is -0.384. The van der Waals surface area contributed by atoms with Crippen molar-refractivity contribution in [1.82, 2.24) is 0 Å². The Bertz CT molecular complexity index is 456. The van der Waals surface area contributed by atoms with Crippen LogP contribution in [0, 0.1) is 10.1 Å². The standard InChI is InChI=1S/C10H8BrNO4/c11-5-1-2-7-3-4-8(12(15)16)6-9(7)10(13)14/h1-4,6H,5H2,(H,13,14). The lowest BCUT2D eigenvalue weighted by Gasteiger charge is -2.00. The number of carboxylic acids is 1. The molecule has 0 aliphatic heterocycles. The zero-order valence-electron chi connectivity index (χ0n) is 8.09. The molecule has 0 atom stereocenters. The topological polar surface area (TPSA) is 80.4 Å². The minimum Gasteiger partial charge on any atom is -0.478 e. The summed E-state index contributed by atoms with van der Waals surface area (Å²) in [7, 11) is 0. The average molecular weight is 286 g/mol. The van der Waals surface area contributed by atoms with Crippen LogP contribution in [0.2, 0.25) is 0 Å². The van der Waals surface area contributed by atoms with E-state index < -0.39 is 10.9 Å². The number of nitro benzene ring substituents is 1. The zero-order chi connectivity index (χ0) is 12.1. The van der Waals surface area contributed by atoms with Gasteiger partial charge < -0.3 is 5.11 Å². The first-order valence-electron chi connectivity index (χ1n) is 4.30. The number of nitrogens with zero attached hydrogens (tertiary/aromatic N) is 1. The van der Waals surface area contributed by atoms with E-state index in [2.05, 4.69) is 15.9 Å². The number of carbonyl (C=O) groups is 1. The normalized spacial score (nSPS) is 10.6. The van der Waals surface area contributed by atoms with E-state index in [1.807, 2.05) is 0 Å². The molecule has 1 aromatic rings. The maximum absolute atomic E-state index is 10.9. The summed E-state index contributed by atoms with van der Waals surface area (Å²) < 4.78 is 0. The summed E-state index contributed by atoms with van der Waals surface area (Å²) in [4.78, 5) is 20.8. The highest BCUT2D eigenvalue weighted by molar-refractivity contribution is 9.09. The van der Waals surface area contributed by atoms with Crippen molar-refractivity contribution in [2.24, 2.45) is 0 Å². The fourth-order valence-electron chi connectivity index (χ4n) is 1.16. The third-order valence-corrected chi connectivity index (χ3v) is 2.24. The van der Waals surface area contributed by atoms with Crippen molar-refractivity contribution in [3.05, 3.63) is 45.5 Å². The molecule has 0 bridgehead atoms. The number of halogens is 1. The Kier molecular flexibility index (Phi) is 4.19. The highest BCUT2D eigenvalue weighted by Gasteiger charge is 2.14. The first-order chi connectivity index (χ1) is 7.56. The molecule has 0 heterocycles. The molecule has 0 radical (unpaired) electrons. The Hall–Kier alpha value is -1.69. The number of allylic oxidation sites excluding steroid dienone is 1. The molecule has 5 nitrogen and oxygen atoms in total. The first kappa shape index (κ1) is 12.4. The second-order valence-corrected chi connectivity index (χ2v) is 3.54. The molecule has 0 saturated heterocycles. The van der Waals surface area contributed by atoms with Crippen LogP contribution in [0.25, 0.3) is 6.08 Å². The molecule has 1 rings (SSSR count). The molecule has 0 amide bonds. The Morgan fingerprint density at radius 1 is 1.56 bits per heavy atom. The van der Waals surface area contributed by atoms with Gasteiger partial charge in [-0.1, -0.05) is 28.1 Å². The van der Waals surface area contributed by atoms with Crippen molar-refractivity contribution in [3.63, 3.8) is 0 Å². The van der Waals surface area contributed by atoms with E-state index in [4.69, 9.17) is 5.11 Å². The van der Waals surface area contributed by atoms with Crippen LogP contribution in [-0.4, -0.2) is 21.3 Å². The van der Waals surface area contributed by atoms with Gasteiger partial charge in [-0.3, -0.25) is 10.1 Å². The van der Waals surface area contributed by atoms with Crippen molar-refractivity contribution in [2.45, 2.75) is 0 Å². The molecule has 84 valence electrons. The number of alkyl halides is 1. The molecule has 1 aromatic carbocycles. The second-order valence-electron chi connectivity index (χ2n) is 2.89. The SMILES string of the molecule is O=C(O)c1cc([N+](=O)[O-])ccc1C=CCBr. The highest BCUT2D eigenvalue weighted by Crippen LogP contribution is 2.19. The molecule has 0 aliphatic rings. The van der Waals surface area contributed by atoms with Crippen LogP contribution in [0.5, 0.6) is 0 Å². The van der Waals surface area contributed by atoms with Gasteiger partial charge in [-0.25, -0.2) is 4.79 Å². The molecule has 16 heavy (non-hydrogen) atoms. The van der Waals surface area contributed by atoms with E-state index in [1.165, 1.54) is 12.1 Å². The van der Waals surface area contributed by atoms with E-state index in [0.717, 1.165) is 6.07 Å². The van der Waals surface area contributed by atoms with E-state index in [0.29, 0.717) is 10.9 Å². The Balaban J connectivity index is 3.24. The number of non-ortho nitro benzene ring substituents is 1. The van der Waals surface area contributed by atoms with Gasteiger partial charge in [0.25, 0.3) is 5.69 Å². The second kappa shape index (κ2) is 5.41. The van der Waals surface area contributed by atoms with Gasteiger partial charge in [0.1, 0.15) is 0 Å². The minimum absolute atomic E-state index is 0.0774.